The number of nitrogens with zero attached hydrogens (tertiary/aromatic N) is 5. The fourth-order valence-electron chi connectivity index (χ4n) is 1.45. The van der Waals surface area contributed by atoms with Crippen molar-refractivity contribution in [2.24, 2.45) is 0 Å². The third kappa shape index (κ3) is 1.69. The maximum Gasteiger partial charge on any atom is 0.242 e. The minimum Gasteiger partial charge on any atom is -0.435 e. The van der Waals surface area contributed by atoms with E-state index >= 15 is 0 Å². The molecule has 1 aromatic carbocycles. The summed E-state index contributed by atoms with van der Waals surface area (Å²) < 4.78 is 19.8. The van der Waals surface area contributed by atoms with Crippen molar-refractivity contribution in [3.63, 3.8) is 0 Å². The van der Waals surface area contributed by atoms with Gasteiger partial charge in [0.25, 0.3) is 0 Å². The fraction of sp³-hybridized carbons (Fsp3) is 0. The van der Waals surface area contributed by atoms with Crippen LogP contribution in [0.4, 0.5) is 10.1 Å². The molecule has 0 aliphatic rings. The van der Waals surface area contributed by atoms with E-state index in [9.17, 15) is 4.39 Å². The van der Waals surface area contributed by atoms with E-state index in [0.29, 0.717) is 11.4 Å². The SMILES string of the molecule is Nc1cc(F)ccc1Oc1cncc2nnnn12. The highest BCUT2D eigenvalue weighted by Crippen LogP contribution is 2.27. The number of tetrazole rings is 1. The zero-order valence-electron chi connectivity index (χ0n) is 8.99. The first kappa shape index (κ1) is 10.4. The van der Waals surface area contributed by atoms with Crippen LogP contribution >= 0.6 is 0 Å². The molecule has 90 valence electrons. The molecule has 0 aliphatic heterocycles. The summed E-state index contributed by atoms with van der Waals surface area (Å²) in [7, 11) is 0. The molecule has 0 spiro atoms. The molecule has 0 fully saturated rings. The number of aromatic nitrogens is 5. The zero-order chi connectivity index (χ0) is 12.5. The van der Waals surface area contributed by atoms with Gasteiger partial charge in [0.2, 0.25) is 11.5 Å². The molecule has 0 bridgehead atoms. The van der Waals surface area contributed by atoms with Gasteiger partial charge in [-0.1, -0.05) is 0 Å². The molecule has 18 heavy (non-hydrogen) atoms. The summed E-state index contributed by atoms with van der Waals surface area (Å²) in [6.45, 7) is 0. The van der Waals surface area contributed by atoms with Crippen LogP contribution in [0.3, 0.4) is 0 Å². The molecule has 3 rings (SSSR count). The van der Waals surface area contributed by atoms with E-state index in [4.69, 9.17) is 10.5 Å². The number of hydrogen-bond acceptors (Lipinski definition) is 6. The van der Waals surface area contributed by atoms with E-state index in [-0.39, 0.29) is 11.6 Å². The average Bonchev–Trinajstić information content (AvgIpc) is 2.82. The van der Waals surface area contributed by atoms with Crippen molar-refractivity contribution in [1.82, 2.24) is 25.0 Å². The number of fused-ring (bicyclic) bond motifs is 1. The monoisotopic (exact) mass is 246 g/mol. The number of nitrogen functional groups attached to an aromatic ring is 1. The Hall–Kier alpha value is -2.77. The molecule has 0 unspecified atom stereocenters. The van der Waals surface area contributed by atoms with Gasteiger partial charge >= 0.3 is 0 Å². The fourth-order valence-corrected chi connectivity index (χ4v) is 1.45. The number of anilines is 1. The van der Waals surface area contributed by atoms with Gasteiger partial charge in [0.05, 0.1) is 18.1 Å². The quantitative estimate of drug-likeness (QED) is 0.679. The first-order chi connectivity index (χ1) is 8.74. The standard InChI is InChI=1S/C10H7FN6O/c11-6-1-2-8(7(12)3-6)18-10-5-13-4-9-14-15-16-17(9)10/h1-5H,12H2. The van der Waals surface area contributed by atoms with Crippen molar-refractivity contribution in [2.75, 3.05) is 5.73 Å². The Bertz CT molecular complexity index is 712. The van der Waals surface area contributed by atoms with E-state index in [0.717, 1.165) is 0 Å². The Kier molecular flexibility index (Phi) is 2.26. The molecule has 3 aromatic rings. The molecule has 0 saturated heterocycles. The topological polar surface area (TPSA) is 91.2 Å². The van der Waals surface area contributed by atoms with Gasteiger partial charge in [0, 0.05) is 6.07 Å². The largest absolute Gasteiger partial charge is 0.435 e. The number of nitrogens with two attached hydrogens (primary N) is 1. The minimum absolute atomic E-state index is 0.181. The summed E-state index contributed by atoms with van der Waals surface area (Å²) in [5.74, 6) is 0.163. The molecule has 2 heterocycles. The number of rotatable bonds is 2. The van der Waals surface area contributed by atoms with E-state index in [1.807, 2.05) is 0 Å². The molecule has 0 atom stereocenters. The Balaban J connectivity index is 2.03. The van der Waals surface area contributed by atoms with Crippen molar-refractivity contribution in [3.8, 4) is 11.6 Å². The van der Waals surface area contributed by atoms with Gasteiger partial charge in [0.15, 0.2) is 5.75 Å². The molecular weight excluding hydrogens is 239 g/mol. The van der Waals surface area contributed by atoms with Crippen molar-refractivity contribution in [3.05, 3.63) is 36.4 Å². The third-order valence-electron chi connectivity index (χ3n) is 2.26. The van der Waals surface area contributed by atoms with Gasteiger partial charge in [0.1, 0.15) is 5.82 Å². The van der Waals surface area contributed by atoms with Crippen molar-refractivity contribution in [2.45, 2.75) is 0 Å². The summed E-state index contributed by atoms with van der Waals surface area (Å²) >= 11 is 0. The lowest BCUT2D eigenvalue weighted by Gasteiger charge is -2.08. The molecule has 0 aliphatic carbocycles. The summed E-state index contributed by atoms with van der Waals surface area (Å²) in [4.78, 5) is 3.93. The molecule has 0 saturated carbocycles. The van der Waals surface area contributed by atoms with Crippen molar-refractivity contribution >= 4 is 11.3 Å². The van der Waals surface area contributed by atoms with E-state index in [1.54, 1.807) is 0 Å². The highest BCUT2D eigenvalue weighted by atomic mass is 19.1. The summed E-state index contributed by atoms with van der Waals surface area (Å²) in [6, 6.07) is 3.84. The Morgan fingerprint density at radius 1 is 1.28 bits per heavy atom. The van der Waals surface area contributed by atoms with E-state index in [2.05, 4.69) is 20.5 Å². The second-order valence-corrected chi connectivity index (χ2v) is 3.48. The third-order valence-corrected chi connectivity index (χ3v) is 2.26. The van der Waals surface area contributed by atoms with Gasteiger partial charge < -0.3 is 10.5 Å². The van der Waals surface area contributed by atoms with Gasteiger partial charge in [-0.2, -0.15) is 4.52 Å². The molecule has 7 nitrogen and oxygen atoms in total. The number of ether oxygens (including phenoxy) is 1. The smallest absolute Gasteiger partial charge is 0.242 e. The molecule has 8 heteroatoms. The first-order valence-corrected chi connectivity index (χ1v) is 4.99. The van der Waals surface area contributed by atoms with Crippen LogP contribution in [0.1, 0.15) is 0 Å². The molecule has 2 aromatic heterocycles. The summed E-state index contributed by atoms with van der Waals surface area (Å²) in [5, 5.41) is 11.0. The number of hydrogen-bond donors (Lipinski definition) is 1. The van der Waals surface area contributed by atoms with E-state index in [1.165, 1.54) is 35.1 Å². The van der Waals surface area contributed by atoms with Crippen LogP contribution in [0.15, 0.2) is 30.6 Å². The van der Waals surface area contributed by atoms with Gasteiger partial charge in [-0.3, -0.25) is 4.98 Å². The Morgan fingerprint density at radius 2 is 2.17 bits per heavy atom. The molecule has 2 N–H and O–H groups in total. The minimum atomic E-state index is -0.432. The Labute approximate surface area is 100 Å². The van der Waals surface area contributed by atoms with Gasteiger partial charge in [-0.15, -0.1) is 5.10 Å². The van der Waals surface area contributed by atoms with Crippen LogP contribution in [0.2, 0.25) is 0 Å². The second kappa shape index (κ2) is 3.91. The highest BCUT2D eigenvalue weighted by molar-refractivity contribution is 5.53. The van der Waals surface area contributed by atoms with Gasteiger partial charge in [-0.05, 0) is 22.6 Å². The lowest BCUT2D eigenvalue weighted by atomic mass is 10.3. The lowest BCUT2D eigenvalue weighted by molar-refractivity contribution is 0.443. The maximum atomic E-state index is 12.9. The molecule has 0 radical (unpaired) electrons. The summed E-state index contributed by atoms with van der Waals surface area (Å²) in [5.41, 5.74) is 6.26. The normalized spacial score (nSPS) is 10.7. The molecular formula is C10H7FN6O. The highest BCUT2D eigenvalue weighted by Gasteiger charge is 2.08. The molecule has 0 amide bonds. The number of benzene rings is 1. The predicted octanol–water partition coefficient (Wildman–Crippen LogP) is 1.03. The number of halogens is 1. The zero-order valence-corrected chi connectivity index (χ0v) is 8.99. The average molecular weight is 246 g/mol. The van der Waals surface area contributed by atoms with Crippen LogP contribution in [-0.2, 0) is 0 Å². The van der Waals surface area contributed by atoms with Crippen LogP contribution in [-0.4, -0.2) is 25.0 Å². The predicted molar refractivity (Wildman–Crippen MR) is 59.5 cm³/mol. The van der Waals surface area contributed by atoms with Crippen molar-refractivity contribution in [1.29, 1.82) is 0 Å². The Morgan fingerprint density at radius 3 is 3.00 bits per heavy atom. The lowest BCUT2D eigenvalue weighted by Crippen LogP contribution is -1.99. The van der Waals surface area contributed by atoms with E-state index < -0.39 is 5.82 Å². The van der Waals surface area contributed by atoms with Crippen LogP contribution in [0.5, 0.6) is 11.6 Å². The first-order valence-electron chi connectivity index (χ1n) is 4.99. The maximum absolute atomic E-state index is 12.9. The van der Waals surface area contributed by atoms with Crippen LogP contribution in [0, 0.1) is 5.82 Å². The van der Waals surface area contributed by atoms with Gasteiger partial charge in [-0.25, -0.2) is 4.39 Å². The second-order valence-electron chi connectivity index (χ2n) is 3.48. The van der Waals surface area contributed by atoms with Crippen molar-refractivity contribution < 1.29 is 9.13 Å². The van der Waals surface area contributed by atoms with Crippen LogP contribution < -0.4 is 10.5 Å². The van der Waals surface area contributed by atoms with Crippen LogP contribution in [0.25, 0.3) is 5.65 Å². The summed E-state index contributed by atoms with van der Waals surface area (Å²) in [6.07, 6.45) is 2.92.